The molecule has 0 aromatic carbocycles. The van der Waals surface area contributed by atoms with E-state index in [1.54, 1.807) is 23.3 Å². The zero-order valence-corrected chi connectivity index (χ0v) is 14.3. The number of ether oxygens (including phenoxy) is 1. The van der Waals surface area contributed by atoms with Crippen LogP contribution in [0.2, 0.25) is 0 Å². The van der Waals surface area contributed by atoms with Crippen LogP contribution in [0.15, 0.2) is 17.5 Å². The van der Waals surface area contributed by atoms with E-state index in [4.69, 9.17) is 9.84 Å². The fraction of sp³-hybridized carbons (Fsp3) is 0.625. The van der Waals surface area contributed by atoms with Gasteiger partial charge < -0.3 is 14.7 Å². The van der Waals surface area contributed by atoms with E-state index in [0.29, 0.717) is 32.7 Å². The lowest BCUT2D eigenvalue weighted by atomic mass is 10.1. The molecule has 1 aliphatic heterocycles. The third-order valence-corrected chi connectivity index (χ3v) is 4.74. The number of thiophene rings is 1. The Morgan fingerprint density at radius 3 is 3.04 bits per heavy atom. The molecule has 1 N–H and O–H groups in total. The largest absolute Gasteiger partial charge is 0.480 e. The summed E-state index contributed by atoms with van der Waals surface area (Å²) in [7, 11) is 1.75. The smallest absolute Gasteiger partial charge is 0.317 e. The first-order valence-corrected chi connectivity index (χ1v) is 8.74. The second-order valence-electron chi connectivity index (χ2n) is 5.86. The molecule has 6 nitrogen and oxygen atoms in total. The highest BCUT2D eigenvalue weighted by molar-refractivity contribution is 7.09. The van der Waals surface area contributed by atoms with Gasteiger partial charge in [0.1, 0.15) is 0 Å². The Morgan fingerprint density at radius 1 is 1.52 bits per heavy atom. The van der Waals surface area contributed by atoms with Crippen LogP contribution in [0.3, 0.4) is 0 Å². The van der Waals surface area contributed by atoms with Gasteiger partial charge in [0, 0.05) is 30.9 Å². The molecule has 0 aliphatic carbocycles. The molecular formula is C16H24N2O4S. The molecule has 7 heteroatoms. The highest BCUT2D eigenvalue weighted by Crippen LogP contribution is 2.14. The maximum Gasteiger partial charge on any atom is 0.317 e. The quantitative estimate of drug-likeness (QED) is 0.773. The lowest BCUT2D eigenvalue weighted by Crippen LogP contribution is -2.49. The summed E-state index contributed by atoms with van der Waals surface area (Å²) in [5.41, 5.74) is 0. The summed E-state index contributed by atoms with van der Waals surface area (Å²) in [6.07, 6.45) is 2.24. The number of carbonyl (C=O) groups excluding carboxylic acids is 1. The van der Waals surface area contributed by atoms with E-state index in [-0.39, 0.29) is 18.6 Å². The maximum atomic E-state index is 12.3. The van der Waals surface area contributed by atoms with Crippen molar-refractivity contribution >= 4 is 23.2 Å². The summed E-state index contributed by atoms with van der Waals surface area (Å²) in [5, 5.41) is 10.8. The topological polar surface area (TPSA) is 70.1 Å². The van der Waals surface area contributed by atoms with Crippen LogP contribution in [0.25, 0.3) is 0 Å². The third kappa shape index (κ3) is 6.29. The Morgan fingerprint density at radius 2 is 2.35 bits per heavy atom. The Balaban J connectivity index is 1.71. The standard InChI is InChI=1S/C16H24N2O4S/c1-17(12-16(20)21)10-13-11-18(7-8-22-13)15(19)6-2-4-14-5-3-9-23-14/h3,5,9,13H,2,4,6-8,10-12H2,1H3,(H,20,21). The molecule has 128 valence electrons. The van der Waals surface area contributed by atoms with E-state index in [0.717, 1.165) is 12.8 Å². The molecule has 0 radical (unpaired) electrons. The fourth-order valence-electron chi connectivity index (χ4n) is 2.73. The van der Waals surface area contributed by atoms with Gasteiger partial charge in [-0.1, -0.05) is 6.07 Å². The number of carboxylic acid groups (broad SMARTS) is 1. The molecule has 1 saturated heterocycles. The van der Waals surface area contributed by atoms with E-state index in [9.17, 15) is 9.59 Å². The van der Waals surface area contributed by atoms with E-state index < -0.39 is 5.97 Å². The minimum Gasteiger partial charge on any atom is -0.480 e. The minimum atomic E-state index is -0.857. The predicted octanol–water partition coefficient (Wildman–Crippen LogP) is 1.31. The van der Waals surface area contributed by atoms with Crippen LogP contribution in [0.1, 0.15) is 17.7 Å². The van der Waals surface area contributed by atoms with Crippen LogP contribution in [-0.2, 0) is 20.7 Å². The first-order chi connectivity index (χ1) is 11.0. The molecule has 1 fully saturated rings. The highest BCUT2D eigenvalue weighted by atomic mass is 32.1. The second-order valence-corrected chi connectivity index (χ2v) is 6.89. The van der Waals surface area contributed by atoms with Crippen molar-refractivity contribution in [2.24, 2.45) is 0 Å². The number of carbonyl (C=O) groups is 2. The summed E-state index contributed by atoms with van der Waals surface area (Å²) >= 11 is 1.72. The van der Waals surface area contributed by atoms with Crippen molar-refractivity contribution in [2.75, 3.05) is 39.8 Å². The first kappa shape index (κ1) is 17.9. The number of carboxylic acids is 1. The Hall–Kier alpha value is -1.44. The number of nitrogens with zero attached hydrogens (tertiary/aromatic N) is 2. The summed E-state index contributed by atoms with van der Waals surface area (Å²) in [6.45, 7) is 2.18. The average Bonchev–Trinajstić information content (AvgIpc) is 2.99. The molecule has 0 saturated carbocycles. The van der Waals surface area contributed by atoms with Gasteiger partial charge in [-0.25, -0.2) is 0 Å². The molecule has 1 unspecified atom stereocenters. The number of aryl methyl sites for hydroxylation is 1. The van der Waals surface area contributed by atoms with E-state index in [1.807, 2.05) is 11.0 Å². The van der Waals surface area contributed by atoms with Crippen molar-refractivity contribution in [2.45, 2.75) is 25.4 Å². The monoisotopic (exact) mass is 340 g/mol. The van der Waals surface area contributed by atoms with Gasteiger partial charge in [0.05, 0.1) is 19.3 Å². The van der Waals surface area contributed by atoms with E-state index >= 15 is 0 Å². The lowest BCUT2D eigenvalue weighted by molar-refractivity contribution is -0.142. The second kappa shape index (κ2) is 9.00. The maximum absolute atomic E-state index is 12.3. The fourth-order valence-corrected chi connectivity index (χ4v) is 3.48. The van der Waals surface area contributed by atoms with Gasteiger partial charge in [0.2, 0.25) is 5.91 Å². The van der Waals surface area contributed by atoms with Crippen molar-refractivity contribution in [1.82, 2.24) is 9.80 Å². The molecule has 1 amide bonds. The number of amides is 1. The SMILES string of the molecule is CN(CC(=O)O)CC1CN(C(=O)CCCc2cccs2)CCO1. The minimum absolute atomic E-state index is 0.0192. The number of hydrogen-bond donors (Lipinski definition) is 1. The van der Waals surface area contributed by atoms with Crippen LogP contribution < -0.4 is 0 Å². The van der Waals surface area contributed by atoms with Gasteiger partial charge in [-0.05, 0) is 31.3 Å². The summed E-state index contributed by atoms with van der Waals surface area (Å²) in [5.74, 6) is -0.694. The summed E-state index contributed by atoms with van der Waals surface area (Å²) < 4.78 is 5.65. The van der Waals surface area contributed by atoms with Crippen LogP contribution in [0, 0.1) is 0 Å². The molecule has 2 heterocycles. The van der Waals surface area contributed by atoms with Gasteiger partial charge in [-0.3, -0.25) is 14.5 Å². The molecule has 23 heavy (non-hydrogen) atoms. The molecular weight excluding hydrogens is 316 g/mol. The van der Waals surface area contributed by atoms with Crippen molar-refractivity contribution in [3.63, 3.8) is 0 Å². The Kier molecular flexibility index (Phi) is 7.01. The zero-order valence-electron chi connectivity index (χ0n) is 13.4. The Labute approximate surface area is 140 Å². The molecule has 1 aromatic rings. The Bertz CT molecular complexity index is 506. The average molecular weight is 340 g/mol. The van der Waals surface area contributed by atoms with Gasteiger partial charge >= 0.3 is 5.97 Å². The van der Waals surface area contributed by atoms with Crippen LogP contribution in [0.4, 0.5) is 0 Å². The molecule has 1 aliphatic rings. The highest BCUT2D eigenvalue weighted by Gasteiger charge is 2.25. The molecule has 2 rings (SSSR count). The lowest BCUT2D eigenvalue weighted by Gasteiger charge is -2.34. The van der Waals surface area contributed by atoms with E-state index in [1.165, 1.54) is 4.88 Å². The van der Waals surface area contributed by atoms with Gasteiger partial charge in [-0.15, -0.1) is 11.3 Å². The van der Waals surface area contributed by atoms with Crippen LogP contribution in [-0.4, -0.2) is 72.7 Å². The van der Waals surface area contributed by atoms with E-state index in [2.05, 4.69) is 11.4 Å². The van der Waals surface area contributed by atoms with Crippen molar-refractivity contribution in [1.29, 1.82) is 0 Å². The summed E-state index contributed by atoms with van der Waals surface area (Å²) in [6, 6.07) is 4.13. The van der Waals surface area contributed by atoms with Gasteiger partial charge in [-0.2, -0.15) is 0 Å². The number of rotatable bonds is 8. The number of hydrogen-bond acceptors (Lipinski definition) is 5. The third-order valence-electron chi connectivity index (χ3n) is 3.81. The number of aliphatic carboxylic acids is 1. The molecule has 0 bridgehead atoms. The van der Waals surface area contributed by atoms with Crippen LogP contribution in [0.5, 0.6) is 0 Å². The molecule has 1 atom stereocenters. The van der Waals surface area contributed by atoms with Crippen molar-refractivity contribution in [3.8, 4) is 0 Å². The normalized spacial score (nSPS) is 18.3. The molecule has 0 spiro atoms. The van der Waals surface area contributed by atoms with Crippen molar-refractivity contribution in [3.05, 3.63) is 22.4 Å². The first-order valence-electron chi connectivity index (χ1n) is 7.86. The van der Waals surface area contributed by atoms with Crippen LogP contribution >= 0.6 is 11.3 Å². The molecule has 1 aromatic heterocycles. The predicted molar refractivity (Wildman–Crippen MR) is 88.7 cm³/mol. The number of likely N-dealkylation sites (N-methyl/N-ethyl adjacent to an activating group) is 1. The zero-order chi connectivity index (χ0) is 16.7. The number of morpholine rings is 1. The van der Waals surface area contributed by atoms with Gasteiger partial charge in [0.25, 0.3) is 0 Å². The summed E-state index contributed by atoms with van der Waals surface area (Å²) in [4.78, 5) is 27.9. The van der Waals surface area contributed by atoms with Gasteiger partial charge in [0.15, 0.2) is 0 Å². The van der Waals surface area contributed by atoms with Crippen molar-refractivity contribution < 1.29 is 19.4 Å².